The lowest BCUT2D eigenvalue weighted by Crippen LogP contribution is -2.29. The van der Waals surface area contributed by atoms with Gasteiger partial charge in [-0.15, -0.1) is 0 Å². The molecular weight excluding hydrogens is 456 g/mol. The van der Waals surface area contributed by atoms with Gasteiger partial charge in [0.1, 0.15) is 5.82 Å². The molecule has 0 aliphatic heterocycles. The molecule has 0 aliphatic carbocycles. The number of benzene rings is 2. The third-order valence-electron chi connectivity index (χ3n) is 3.82. The van der Waals surface area contributed by atoms with Crippen molar-refractivity contribution in [1.29, 1.82) is 0 Å². The largest absolute Gasteiger partial charge is 0.534 e. The quantitative estimate of drug-likeness (QED) is 0.287. The van der Waals surface area contributed by atoms with Crippen LogP contribution >= 0.6 is 0 Å². The minimum absolute atomic E-state index is 0.00974. The third-order valence-corrected chi connectivity index (χ3v) is 4.77. The minimum Gasteiger partial charge on any atom is -0.466 e. The van der Waals surface area contributed by atoms with Crippen LogP contribution in [0, 0.1) is 19.7 Å². The molecule has 0 amide bonds. The van der Waals surface area contributed by atoms with Crippen LogP contribution in [0.1, 0.15) is 44.4 Å². The Hall–Kier alpha value is -2.40. The van der Waals surface area contributed by atoms with E-state index < -0.39 is 45.2 Å². The lowest BCUT2D eigenvalue weighted by atomic mass is 9.96. The molecule has 11 heteroatoms. The highest BCUT2D eigenvalue weighted by molar-refractivity contribution is 7.88. The van der Waals surface area contributed by atoms with Crippen molar-refractivity contribution in [3.8, 4) is 5.75 Å². The summed E-state index contributed by atoms with van der Waals surface area (Å²) in [7, 11) is -6.03. The van der Waals surface area contributed by atoms with E-state index in [0.717, 1.165) is 0 Å². The molecule has 0 atom stereocenters. The molecule has 2 rings (SSSR count). The van der Waals surface area contributed by atoms with Gasteiger partial charge in [0.25, 0.3) is 0 Å². The highest BCUT2D eigenvalue weighted by Crippen LogP contribution is 2.39. The van der Waals surface area contributed by atoms with E-state index in [1.165, 1.54) is 32.0 Å². The van der Waals surface area contributed by atoms with E-state index >= 15 is 0 Å². The van der Waals surface area contributed by atoms with Crippen molar-refractivity contribution in [1.82, 2.24) is 0 Å². The Morgan fingerprint density at radius 1 is 1.09 bits per heavy atom. The molecule has 0 unspecified atom stereocenters. The highest BCUT2D eigenvalue weighted by Gasteiger charge is 2.49. The van der Waals surface area contributed by atoms with Crippen LogP contribution in [0.4, 0.5) is 17.6 Å². The van der Waals surface area contributed by atoms with Gasteiger partial charge in [0.2, 0.25) is 0 Å². The van der Waals surface area contributed by atoms with Crippen molar-refractivity contribution in [3.63, 3.8) is 0 Å². The molecule has 0 saturated heterocycles. The van der Waals surface area contributed by atoms with E-state index in [0.29, 0.717) is 5.56 Å². The second kappa shape index (κ2) is 10.0. The Kier molecular flexibility index (Phi) is 8.66. The Morgan fingerprint density at radius 3 is 2.09 bits per heavy atom. The Balaban J connectivity index is 0.000000920. The molecule has 0 saturated carbocycles. The van der Waals surface area contributed by atoms with E-state index in [1.807, 2.05) is 0 Å². The van der Waals surface area contributed by atoms with Crippen molar-refractivity contribution >= 4 is 26.9 Å². The summed E-state index contributed by atoms with van der Waals surface area (Å²) in [5, 5.41) is 8.20. The van der Waals surface area contributed by atoms with Crippen molar-refractivity contribution in [2.24, 2.45) is 0 Å². The number of aryl methyl sites for hydroxylation is 1. The van der Waals surface area contributed by atoms with Crippen molar-refractivity contribution < 1.29 is 44.8 Å². The number of carbonyl (C=O) groups is 1. The van der Waals surface area contributed by atoms with Gasteiger partial charge in [0.15, 0.2) is 5.75 Å². The van der Waals surface area contributed by atoms with E-state index in [2.05, 4.69) is 4.18 Å². The molecule has 0 spiro atoms. The first-order chi connectivity index (χ1) is 14.4. The van der Waals surface area contributed by atoms with Gasteiger partial charge in [0, 0.05) is 16.3 Å². The summed E-state index contributed by atoms with van der Waals surface area (Å²) in [4.78, 5) is 11.8. The molecule has 2 aromatic rings. The molecule has 180 valence electrons. The summed E-state index contributed by atoms with van der Waals surface area (Å²) in [6.45, 7) is 9.59. The predicted octanol–water partition coefficient (Wildman–Crippen LogP) is 4.71. The average Bonchev–Trinajstić information content (AvgIpc) is 2.60. The average molecular weight is 482 g/mol. The van der Waals surface area contributed by atoms with Crippen molar-refractivity contribution in [2.45, 2.75) is 59.1 Å². The van der Waals surface area contributed by atoms with Gasteiger partial charge in [-0.3, -0.25) is 4.79 Å². The number of alkyl halides is 3. The zero-order valence-corrected chi connectivity index (χ0v) is 19.4. The van der Waals surface area contributed by atoms with Crippen LogP contribution in [0.2, 0.25) is 0 Å². The third kappa shape index (κ3) is 7.33. The summed E-state index contributed by atoms with van der Waals surface area (Å²) in [5.41, 5.74) is -6.11. The number of rotatable bonds is 5. The van der Waals surface area contributed by atoms with Gasteiger partial charge in [-0.05, 0) is 53.2 Å². The highest BCUT2D eigenvalue weighted by atomic mass is 32.2. The van der Waals surface area contributed by atoms with Crippen LogP contribution in [0.25, 0.3) is 10.8 Å². The maximum atomic E-state index is 14.7. The first kappa shape index (κ1) is 27.6. The molecule has 2 aromatic carbocycles. The fourth-order valence-electron chi connectivity index (χ4n) is 2.53. The molecular formula is C21H26F4O6S. The number of carbonyl (C=O) groups excluding carboxylic acids is 1. The number of hydrogen-bond donors (Lipinski definition) is 1. The lowest BCUT2D eigenvalue weighted by Gasteiger charge is -2.18. The van der Waals surface area contributed by atoms with Gasteiger partial charge < -0.3 is 14.0 Å². The number of hydrogen-bond acceptors (Lipinski definition) is 6. The van der Waals surface area contributed by atoms with Gasteiger partial charge in [-0.1, -0.05) is 17.7 Å². The zero-order chi connectivity index (χ0) is 25.1. The van der Waals surface area contributed by atoms with Crippen LogP contribution in [0.15, 0.2) is 18.2 Å². The van der Waals surface area contributed by atoms with Crippen LogP contribution in [0.5, 0.6) is 5.75 Å². The number of aliphatic hydroxyl groups is 1. The molecule has 1 N–H and O–H groups in total. The second-order valence-electron chi connectivity index (χ2n) is 7.93. The monoisotopic (exact) mass is 482 g/mol. The first-order valence-electron chi connectivity index (χ1n) is 9.49. The summed E-state index contributed by atoms with van der Waals surface area (Å²) in [6.07, 6.45) is -0.650. The summed E-state index contributed by atoms with van der Waals surface area (Å²) >= 11 is 0. The summed E-state index contributed by atoms with van der Waals surface area (Å²) in [6, 6.07) is 4.04. The zero-order valence-electron chi connectivity index (χ0n) is 18.6. The van der Waals surface area contributed by atoms with Gasteiger partial charge in [-0.25, -0.2) is 4.39 Å². The second-order valence-corrected chi connectivity index (χ2v) is 9.47. The van der Waals surface area contributed by atoms with Gasteiger partial charge in [-0.2, -0.15) is 21.6 Å². The van der Waals surface area contributed by atoms with Crippen molar-refractivity contribution in [3.05, 3.63) is 40.7 Å². The van der Waals surface area contributed by atoms with Crippen LogP contribution in [-0.4, -0.2) is 37.2 Å². The standard InChI is InChI=1S/C17H16F4O5S.C4H10O/c1-4-25-14(22)8-12-10(3)15(18)13-7-9(2)5-6-11(13)16(12)26-27(23,24)17(19,20)21;1-4(2,3)5/h5-7H,4,8H2,1-3H3;5H,1-3H3. The van der Waals surface area contributed by atoms with Gasteiger partial charge in [0.05, 0.1) is 18.6 Å². The molecule has 6 nitrogen and oxygen atoms in total. The van der Waals surface area contributed by atoms with E-state index in [-0.39, 0.29) is 28.5 Å². The predicted molar refractivity (Wildman–Crippen MR) is 111 cm³/mol. The SMILES string of the molecule is CC(C)(C)O.CCOC(=O)Cc1c(C)c(F)c2cc(C)ccc2c1OS(=O)(=O)C(F)(F)F. The van der Waals surface area contributed by atoms with E-state index in [4.69, 9.17) is 9.84 Å². The smallest absolute Gasteiger partial charge is 0.466 e. The van der Waals surface area contributed by atoms with Crippen LogP contribution in [0.3, 0.4) is 0 Å². The molecule has 0 bridgehead atoms. The van der Waals surface area contributed by atoms with E-state index in [9.17, 15) is 30.8 Å². The molecule has 0 fully saturated rings. The molecule has 32 heavy (non-hydrogen) atoms. The van der Waals surface area contributed by atoms with Crippen LogP contribution in [-0.2, 0) is 26.1 Å². The maximum Gasteiger partial charge on any atom is 0.534 e. The number of halogens is 4. The molecule has 0 heterocycles. The van der Waals surface area contributed by atoms with Crippen molar-refractivity contribution in [2.75, 3.05) is 6.61 Å². The Labute approximate surface area is 184 Å². The summed E-state index contributed by atoms with van der Waals surface area (Å²) < 4.78 is 85.3. The Morgan fingerprint density at radius 2 is 1.62 bits per heavy atom. The first-order valence-corrected chi connectivity index (χ1v) is 10.9. The number of ether oxygens (including phenoxy) is 1. The number of fused-ring (bicyclic) bond motifs is 1. The normalized spacial score (nSPS) is 12.2. The minimum atomic E-state index is -6.03. The number of esters is 1. The molecule has 0 aliphatic rings. The molecule has 0 aromatic heterocycles. The van der Waals surface area contributed by atoms with Crippen LogP contribution < -0.4 is 4.18 Å². The van der Waals surface area contributed by atoms with E-state index in [1.54, 1.807) is 27.7 Å². The fraction of sp³-hybridized carbons (Fsp3) is 0.476. The topological polar surface area (TPSA) is 89.9 Å². The van der Waals surface area contributed by atoms with Gasteiger partial charge >= 0.3 is 21.6 Å². The maximum absolute atomic E-state index is 14.7. The summed E-state index contributed by atoms with van der Waals surface area (Å²) in [5.74, 6) is -2.39. The lowest BCUT2D eigenvalue weighted by molar-refractivity contribution is -0.142. The molecule has 0 radical (unpaired) electrons. The Bertz CT molecular complexity index is 1080. The fourth-order valence-corrected chi connectivity index (χ4v) is 3.03.